The standard InChI is InChI=1S/C16H23NO5S/c1-10-7-14(8-11(2)15(10)22-4)23(20,21)17-9-13(16(18)19)6-5-12(17)3/h7-8,12-13H,5-6,9H2,1-4H3,(H,18,19). The molecular weight excluding hydrogens is 318 g/mol. The lowest BCUT2D eigenvalue weighted by Crippen LogP contribution is -2.47. The Morgan fingerprint density at radius 2 is 1.83 bits per heavy atom. The smallest absolute Gasteiger partial charge is 0.307 e. The number of carboxylic acids is 1. The van der Waals surface area contributed by atoms with Crippen LogP contribution in [0.4, 0.5) is 0 Å². The van der Waals surface area contributed by atoms with E-state index in [1.165, 1.54) is 4.31 Å². The molecule has 2 unspecified atom stereocenters. The molecule has 128 valence electrons. The Bertz CT molecular complexity index is 690. The number of aliphatic carboxylic acids is 1. The summed E-state index contributed by atoms with van der Waals surface area (Å²) in [6, 6.07) is 2.95. The van der Waals surface area contributed by atoms with E-state index in [1.54, 1.807) is 33.1 Å². The first kappa shape index (κ1) is 17.7. The number of aryl methyl sites for hydroxylation is 2. The molecule has 1 aliphatic rings. The minimum atomic E-state index is -3.73. The van der Waals surface area contributed by atoms with Gasteiger partial charge in [0.1, 0.15) is 5.75 Å². The van der Waals surface area contributed by atoms with Crippen LogP contribution in [0.2, 0.25) is 0 Å². The zero-order valence-electron chi connectivity index (χ0n) is 13.9. The Morgan fingerprint density at radius 1 is 1.26 bits per heavy atom. The van der Waals surface area contributed by atoms with Crippen molar-refractivity contribution in [3.63, 3.8) is 0 Å². The zero-order valence-corrected chi connectivity index (χ0v) is 14.7. The number of sulfonamides is 1. The topological polar surface area (TPSA) is 83.9 Å². The third kappa shape index (κ3) is 3.35. The Morgan fingerprint density at radius 3 is 2.30 bits per heavy atom. The minimum absolute atomic E-state index is 0.0168. The molecule has 23 heavy (non-hydrogen) atoms. The monoisotopic (exact) mass is 341 g/mol. The van der Waals surface area contributed by atoms with Crippen molar-refractivity contribution < 1.29 is 23.1 Å². The number of ether oxygens (including phenoxy) is 1. The van der Waals surface area contributed by atoms with Crippen molar-refractivity contribution in [3.8, 4) is 5.75 Å². The van der Waals surface area contributed by atoms with Crippen LogP contribution in [0.1, 0.15) is 30.9 Å². The molecule has 1 saturated heterocycles. The summed E-state index contributed by atoms with van der Waals surface area (Å²) in [6.45, 7) is 5.43. The second kappa shape index (κ2) is 6.49. The lowest BCUT2D eigenvalue weighted by molar-refractivity contribution is -0.143. The van der Waals surface area contributed by atoms with E-state index in [0.29, 0.717) is 18.6 Å². The summed E-state index contributed by atoms with van der Waals surface area (Å²) in [4.78, 5) is 11.4. The molecule has 0 spiro atoms. The van der Waals surface area contributed by atoms with Crippen LogP contribution in [0.3, 0.4) is 0 Å². The van der Waals surface area contributed by atoms with Crippen molar-refractivity contribution in [1.29, 1.82) is 0 Å². The second-order valence-electron chi connectivity index (χ2n) is 6.13. The maximum atomic E-state index is 13.0. The van der Waals surface area contributed by atoms with Gasteiger partial charge < -0.3 is 9.84 Å². The van der Waals surface area contributed by atoms with Crippen molar-refractivity contribution in [2.24, 2.45) is 5.92 Å². The van der Waals surface area contributed by atoms with Crippen molar-refractivity contribution in [1.82, 2.24) is 4.31 Å². The van der Waals surface area contributed by atoms with Gasteiger partial charge in [-0.2, -0.15) is 4.31 Å². The molecule has 1 N–H and O–H groups in total. The number of rotatable bonds is 4. The van der Waals surface area contributed by atoms with E-state index < -0.39 is 21.9 Å². The van der Waals surface area contributed by atoms with Gasteiger partial charge in [-0.15, -0.1) is 0 Å². The van der Waals surface area contributed by atoms with Crippen LogP contribution in [-0.2, 0) is 14.8 Å². The van der Waals surface area contributed by atoms with E-state index in [2.05, 4.69) is 0 Å². The number of piperidine rings is 1. The van der Waals surface area contributed by atoms with Gasteiger partial charge in [-0.1, -0.05) is 0 Å². The Balaban J connectivity index is 2.43. The first-order valence-electron chi connectivity index (χ1n) is 7.58. The average Bonchev–Trinajstić information content (AvgIpc) is 2.46. The molecule has 0 bridgehead atoms. The molecule has 0 radical (unpaired) electrons. The van der Waals surface area contributed by atoms with Gasteiger partial charge in [0.15, 0.2) is 0 Å². The lowest BCUT2D eigenvalue weighted by atomic mass is 9.96. The van der Waals surface area contributed by atoms with Crippen LogP contribution in [0.15, 0.2) is 17.0 Å². The van der Waals surface area contributed by atoms with Crippen LogP contribution in [0, 0.1) is 19.8 Å². The number of carboxylic acid groups (broad SMARTS) is 1. The van der Waals surface area contributed by atoms with Gasteiger partial charge in [-0.05, 0) is 56.9 Å². The molecule has 1 aliphatic heterocycles. The van der Waals surface area contributed by atoms with Gasteiger partial charge in [-0.25, -0.2) is 8.42 Å². The van der Waals surface area contributed by atoms with Crippen LogP contribution in [-0.4, -0.2) is 43.5 Å². The van der Waals surface area contributed by atoms with E-state index >= 15 is 0 Å². The fourth-order valence-electron chi connectivity index (χ4n) is 3.13. The van der Waals surface area contributed by atoms with Crippen molar-refractivity contribution in [2.75, 3.05) is 13.7 Å². The van der Waals surface area contributed by atoms with Crippen molar-refractivity contribution in [2.45, 2.75) is 44.6 Å². The molecule has 0 aromatic heterocycles. The third-order valence-corrected chi connectivity index (χ3v) is 6.38. The first-order chi connectivity index (χ1) is 10.7. The SMILES string of the molecule is COc1c(C)cc(S(=O)(=O)N2CC(C(=O)O)CCC2C)cc1C. The Hall–Kier alpha value is -1.60. The highest BCUT2D eigenvalue weighted by molar-refractivity contribution is 7.89. The Kier molecular flexibility index (Phi) is 5.01. The number of carbonyl (C=O) groups is 1. The predicted octanol–water partition coefficient (Wildman–Crippen LogP) is 2.19. The highest BCUT2D eigenvalue weighted by Gasteiger charge is 2.37. The van der Waals surface area contributed by atoms with Crippen molar-refractivity contribution >= 4 is 16.0 Å². The van der Waals surface area contributed by atoms with Crippen LogP contribution in [0.5, 0.6) is 5.75 Å². The summed E-state index contributed by atoms with van der Waals surface area (Å²) in [7, 11) is -2.18. The molecule has 1 fully saturated rings. The summed E-state index contributed by atoms with van der Waals surface area (Å²) in [6.07, 6.45) is 1.05. The van der Waals surface area contributed by atoms with E-state index in [4.69, 9.17) is 4.74 Å². The fraction of sp³-hybridized carbons (Fsp3) is 0.562. The highest BCUT2D eigenvalue weighted by Crippen LogP contribution is 2.32. The molecule has 0 amide bonds. The predicted molar refractivity (Wildman–Crippen MR) is 86.2 cm³/mol. The molecule has 2 atom stereocenters. The number of benzene rings is 1. The zero-order chi connectivity index (χ0) is 17.4. The average molecular weight is 341 g/mol. The van der Waals surface area contributed by atoms with Gasteiger partial charge in [0.05, 0.1) is 17.9 Å². The molecular formula is C16H23NO5S. The molecule has 1 aromatic rings. The van der Waals surface area contributed by atoms with E-state index in [-0.39, 0.29) is 17.5 Å². The van der Waals surface area contributed by atoms with E-state index in [1.807, 2.05) is 6.92 Å². The van der Waals surface area contributed by atoms with Gasteiger partial charge in [0, 0.05) is 12.6 Å². The molecule has 0 aliphatic carbocycles. The van der Waals surface area contributed by atoms with Crippen LogP contribution in [0.25, 0.3) is 0 Å². The molecule has 0 saturated carbocycles. The van der Waals surface area contributed by atoms with Gasteiger partial charge in [-0.3, -0.25) is 4.79 Å². The third-order valence-electron chi connectivity index (χ3n) is 4.42. The van der Waals surface area contributed by atoms with Gasteiger partial charge >= 0.3 is 5.97 Å². The highest BCUT2D eigenvalue weighted by atomic mass is 32.2. The Labute approximate surface area is 137 Å². The molecule has 1 aromatic carbocycles. The van der Waals surface area contributed by atoms with Crippen LogP contribution >= 0.6 is 0 Å². The number of nitrogens with zero attached hydrogens (tertiary/aromatic N) is 1. The lowest BCUT2D eigenvalue weighted by Gasteiger charge is -2.35. The quantitative estimate of drug-likeness (QED) is 0.907. The maximum Gasteiger partial charge on any atom is 0.307 e. The fourth-order valence-corrected chi connectivity index (χ4v) is 5.01. The number of methoxy groups -OCH3 is 1. The number of hydrogen-bond acceptors (Lipinski definition) is 4. The summed E-state index contributed by atoms with van der Waals surface area (Å²) in [5.41, 5.74) is 1.48. The molecule has 6 nitrogen and oxygen atoms in total. The first-order valence-corrected chi connectivity index (χ1v) is 9.02. The second-order valence-corrected chi connectivity index (χ2v) is 8.02. The van der Waals surface area contributed by atoms with E-state index in [0.717, 1.165) is 11.1 Å². The van der Waals surface area contributed by atoms with Crippen LogP contribution < -0.4 is 4.74 Å². The van der Waals surface area contributed by atoms with E-state index in [9.17, 15) is 18.3 Å². The molecule has 1 heterocycles. The largest absolute Gasteiger partial charge is 0.496 e. The molecule has 7 heteroatoms. The van der Waals surface area contributed by atoms with Crippen molar-refractivity contribution in [3.05, 3.63) is 23.3 Å². The van der Waals surface area contributed by atoms with Gasteiger partial charge in [0.2, 0.25) is 10.0 Å². The maximum absolute atomic E-state index is 13.0. The summed E-state index contributed by atoms with van der Waals surface area (Å²) in [5.74, 6) is -0.931. The molecule has 2 rings (SSSR count). The summed E-state index contributed by atoms with van der Waals surface area (Å²) >= 11 is 0. The summed E-state index contributed by atoms with van der Waals surface area (Å²) < 4.78 is 32.5. The van der Waals surface area contributed by atoms with Gasteiger partial charge in [0.25, 0.3) is 0 Å². The number of hydrogen-bond donors (Lipinski definition) is 1. The minimum Gasteiger partial charge on any atom is -0.496 e. The summed E-state index contributed by atoms with van der Waals surface area (Å²) in [5, 5.41) is 9.20. The normalized spacial score (nSPS) is 22.8.